The van der Waals surface area contributed by atoms with E-state index in [-0.39, 0.29) is 39.0 Å². The first-order chi connectivity index (χ1) is 17.6. The summed E-state index contributed by atoms with van der Waals surface area (Å²) in [5, 5.41) is 8.38. The monoisotopic (exact) mass is 575 g/mol. The van der Waals surface area contributed by atoms with Crippen molar-refractivity contribution in [3.8, 4) is 5.69 Å². The van der Waals surface area contributed by atoms with Crippen LogP contribution in [0.2, 0.25) is 15.3 Å². The molecular weight excluding hydrogens is 557 g/mol. The van der Waals surface area contributed by atoms with Crippen LogP contribution in [0, 0.1) is 0 Å². The maximum atomic E-state index is 13.5. The number of hydrogen-bond donors (Lipinski definition) is 1. The molecule has 11 heteroatoms. The third kappa shape index (κ3) is 5.33. The Kier molecular flexibility index (Phi) is 6.93. The molecule has 2 aromatic heterocycles. The Balaban J connectivity index is 1.68. The van der Waals surface area contributed by atoms with E-state index in [0.717, 1.165) is 5.56 Å². The average Bonchev–Trinajstić information content (AvgIpc) is 3.42. The predicted molar refractivity (Wildman–Crippen MR) is 145 cm³/mol. The van der Waals surface area contributed by atoms with Gasteiger partial charge in [-0.25, -0.2) is 13.1 Å². The average molecular weight is 577 g/mol. The molecule has 0 saturated heterocycles. The first kappa shape index (κ1) is 25.6. The minimum Gasteiger partial charge on any atom is -0.445 e. The lowest BCUT2D eigenvalue weighted by atomic mass is 10.0. The van der Waals surface area contributed by atoms with E-state index >= 15 is 0 Å². The molecule has 3 heterocycles. The Morgan fingerprint density at radius 1 is 1.08 bits per heavy atom. The van der Waals surface area contributed by atoms with Crippen molar-refractivity contribution in [2.75, 3.05) is 5.75 Å². The Labute approximate surface area is 228 Å². The molecule has 0 spiro atoms. The van der Waals surface area contributed by atoms with Gasteiger partial charge in [0.15, 0.2) is 20.8 Å². The van der Waals surface area contributed by atoms with Crippen LogP contribution in [0.5, 0.6) is 0 Å². The highest BCUT2D eigenvalue weighted by Gasteiger charge is 2.35. The SMILES string of the molecule is C[C@@H](NC(=O)c1nn(-c2ccc(Cl)cc2Cl)c2c1CS(=O)(=O)CC2=Cc1ccc(Cl)o1)c1ccccc1. The van der Waals surface area contributed by atoms with E-state index in [9.17, 15) is 13.2 Å². The molecule has 0 saturated carbocycles. The highest BCUT2D eigenvalue weighted by molar-refractivity contribution is 7.91. The lowest BCUT2D eigenvalue weighted by Gasteiger charge is -2.19. The van der Waals surface area contributed by atoms with Crippen LogP contribution in [0.25, 0.3) is 17.3 Å². The highest BCUT2D eigenvalue weighted by Crippen LogP contribution is 2.37. The number of fused-ring (bicyclic) bond motifs is 1. The number of sulfone groups is 1. The van der Waals surface area contributed by atoms with Crippen LogP contribution in [0.3, 0.4) is 0 Å². The molecule has 1 aliphatic heterocycles. The van der Waals surface area contributed by atoms with Gasteiger partial charge in [-0.15, -0.1) is 0 Å². The van der Waals surface area contributed by atoms with Crippen LogP contribution in [0.1, 0.15) is 46.0 Å². The van der Waals surface area contributed by atoms with E-state index in [1.54, 1.807) is 36.4 Å². The molecule has 0 fully saturated rings. The summed E-state index contributed by atoms with van der Waals surface area (Å²) in [6, 6.07) is 17.1. The zero-order valence-corrected chi connectivity index (χ0v) is 22.5. The number of carbonyl (C=O) groups excluding carboxylic acids is 1. The Hall–Kier alpha value is -3.04. The normalized spacial score (nSPS) is 16.4. The molecule has 0 unspecified atom stereocenters. The smallest absolute Gasteiger partial charge is 0.272 e. The van der Waals surface area contributed by atoms with Crippen molar-refractivity contribution in [3.05, 3.63) is 104 Å². The van der Waals surface area contributed by atoms with Gasteiger partial charge in [-0.3, -0.25) is 4.79 Å². The lowest BCUT2D eigenvalue weighted by molar-refractivity contribution is 0.0933. The van der Waals surface area contributed by atoms with Crippen molar-refractivity contribution in [1.82, 2.24) is 15.1 Å². The van der Waals surface area contributed by atoms with Crippen molar-refractivity contribution < 1.29 is 17.6 Å². The maximum Gasteiger partial charge on any atom is 0.272 e. The molecule has 2 aromatic carbocycles. The molecule has 1 atom stereocenters. The van der Waals surface area contributed by atoms with Crippen LogP contribution >= 0.6 is 34.8 Å². The summed E-state index contributed by atoms with van der Waals surface area (Å²) in [6.07, 6.45) is 1.58. The fraction of sp³-hybridized carbons (Fsp3) is 0.154. The Morgan fingerprint density at radius 3 is 2.51 bits per heavy atom. The van der Waals surface area contributed by atoms with Gasteiger partial charge in [-0.2, -0.15) is 5.10 Å². The number of carbonyl (C=O) groups is 1. The molecule has 0 radical (unpaired) electrons. The van der Waals surface area contributed by atoms with E-state index in [0.29, 0.717) is 27.7 Å². The molecule has 190 valence electrons. The van der Waals surface area contributed by atoms with Gasteiger partial charge in [0.05, 0.1) is 34.0 Å². The second-order valence-corrected chi connectivity index (χ2v) is 11.9. The van der Waals surface area contributed by atoms with Crippen LogP contribution < -0.4 is 5.32 Å². The van der Waals surface area contributed by atoms with Gasteiger partial charge in [-0.05, 0) is 66.1 Å². The first-order valence-electron chi connectivity index (χ1n) is 11.2. The number of amides is 1. The minimum atomic E-state index is -3.61. The van der Waals surface area contributed by atoms with E-state index in [4.69, 9.17) is 39.2 Å². The summed E-state index contributed by atoms with van der Waals surface area (Å²) in [5.41, 5.74) is 2.45. The van der Waals surface area contributed by atoms with Crippen molar-refractivity contribution >= 4 is 62.2 Å². The largest absolute Gasteiger partial charge is 0.445 e. The fourth-order valence-electron chi connectivity index (χ4n) is 4.28. The number of nitrogens with one attached hydrogen (secondary N) is 1. The van der Waals surface area contributed by atoms with Crippen molar-refractivity contribution in [1.29, 1.82) is 0 Å². The molecule has 0 aliphatic carbocycles. The molecule has 1 N–H and O–H groups in total. The van der Waals surface area contributed by atoms with Gasteiger partial charge in [0, 0.05) is 10.6 Å². The van der Waals surface area contributed by atoms with E-state index in [1.165, 1.54) is 4.68 Å². The molecular formula is C26H20Cl3N3O4S. The number of furan rings is 1. The highest BCUT2D eigenvalue weighted by atomic mass is 35.5. The third-order valence-corrected chi connectivity index (χ3v) is 8.16. The van der Waals surface area contributed by atoms with E-state index in [2.05, 4.69) is 10.4 Å². The van der Waals surface area contributed by atoms with Gasteiger partial charge >= 0.3 is 0 Å². The predicted octanol–water partition coefficient (Wildman–Crippen LogP) is 6.39. The van der Waals surface area contributed by atoms with E-state index in [1.807, 2.05) is 37.3 Å². The number of aromatic nitrogens is 2. The number of nitrogens with zero attached hydrogens (tertiary/aromatic N) is 2. The van der Waals surface area contributed by atoms with Gasteiger partial charge in [0.1, 0.15) is 5.76 Å². The summed E-state index contributed by atoms with van der Waals surface area (Å²) in [7, 11) is -3.61. The maximum absolute atomic E-state index is 13.5. The summed E-state index contributed by atoms with van der Waals surface area (Å²) >= 11 is 18.5. The fourth-order valence-corrected chi connectivity index (χ4v) is 6.43. The van der Waals surface area contributed by atoms with Gasteiger partial charge in [-0.1, -0.05) is 53.5 Å². The van der Waals surface area contributed by atoms with E-state index < -0.39 is 15.7 Å². The zero-order valence-electron chi connectivity index (χ0n) is 19.4. The van der Waals surface area contributed by atoms with Crippen molar-refractivity contribution in [3.63, 3.8) is 0 Å². The number of halogens is 3. The second-order valence-electron chi connectivity index (χ2n) is 8.63. The molecule has 4 aromatic rings. The number of rotatable bonds is 5. The molecule has 1 amide bonds. The molecule has 0 bridgehead atoms. The second kappa shape index (κ2) is 10.0. The number of hydrogen-bond acceptors (Lipinski definition) is 5. The summed E-state index contributed by atoms with van der Waals surface area (Å²) in [5.74, 6) is -0.779. The summed E-state index contributed by atoms with van der Waals surface area (Å²) < 4.78 is 32.9. The molecule has 37 heavy (non-hydrogen) atoms. The Bertz CT molecular complexity index is 1640. The number of benzene rings is 2. The van der Waals surface area contributed by atoms with Crippen molar-refractivity contribution in [2.45, 2.75) is 18.7 Å². The summed E-state index contributed by atoms with van der Waals surface area (Å²) in [6.45, 7) is 1.84. The quantitative estimate of drug-likeness (QED) is 0.297. The van der Waals surface area contributed by atoms with Crippen molar-refractivity contribution in [2.24, 2.45) is 0 Å². The Morgan fingerprint density at radius 2 is 1.84 bits per heavy atom. The third-order valence-electron chi connectivity index (χ3n) is 5.94. The first-order valence-corrected chi connectivity index (χ1v) is 14.2. The van der Waals surface area contributed by atoms with Gasteiger partial charge in [0.2, 0.25) is 0 Å². The standard InChI is InChI=1S/C26H20Cl3N3O4S/c1-15(16-5-3-2-4-6-16)30-26(33)24-20-14-37(34,35)13-17(11-19-8-10-23(29)36-19)25(20)32(31-24)22-9-7-18(27)12-21(22)28/h2-12,15H,13-14H2,1H3,(H,30,33)/t15-/m1/s1. The topological polar surface area (TPSA) is 94.2 Å². The lowest BCUT2D eigenvalue weighted by Crippen LogP contribution is -2.29. The minimum absolute atomic E-state index is 0.00421. The van der Waals surface area contributed by atoms with Crippen LogP contribution in [-0.4, -0.2) is 29.9 Å². The zero-order chi connectivity index (χ0) is 26.3. The van der Waals surface area contributed by atoms with Crippen LogP contribution in [0.4, 0.5) is 0 Å². The molecule has 1 aliphatic rings. The van der Waals surface area contributed by atoms with Crippen LogP contribution in [0.15, 0.2) is 65.1 Å². The van der Waals surface area contributed by atoms with Crippen LogP contribution in [-0.2, 0) is 15.6 Å². The van der Waals surface area contributed by atoms with Gasteiger partial charge in [0.25, 0.3) is 5.91 Å². The molecule has 7 nitrogen and oxygen atoms in total. The molecule has 5 rings (SSSR count). The summed E-state index contributed by atoms with van der Waals surface area (Å²) in [4.78, 5) is 13.5. The van der Waals surface area contributed by atoms with Gasteiger partial charge < -0.3 is 9.73 Å².